The summed E-state index contributed by atoms with van der Waals surface area (Å²) in [5, 5.41) is 3.97. The van der Waals surface area contributed by atoms with Crippen LogP contribution >= 0.6 is 11.6 Å². The molecular weight excluding hydrogens is 599 g/mol. The molecule has 2 bridgehead atoms. The maximum atomic E-state index is 14.1. The number of ketones is 1. The Balaban J connectivity index is 1.21. The zero-order valence-corrected chi connectivity index (χ0v) is 25.3. The average molecular weight is 630 g/mol. The summed E-state index contributed by atoms with van der Waals surface area (Å²) in [6, 6.07) is 15.9. The van der Waals surface area contributed by atoms with Gasteiger partial charge in [-0.1, -0.05) is 41.9 Å². The summed E-state index contributed by atoms with van der Waals surface area (Å²) in [6.45, 7) is 3.88. The zero-order chi connectivity index (χ0) is 30.8. The predicted octanol–water partition coefficient (Wildman–Crippen LogP) is 6.22. The first-order valence-electron chi connectivity index (χ1n) is 14.1. The Bertz CT molecular complexity index is 1690. The smallest absolute Gasteiger partial charge is 0.243 e. The normalized spacial score (nSPS) is 25.5. The van der Waals surface area contributed by atoms with Crippen molar-refractivity contribution < 1.29 is 26.4 Å². The molecule has 3 fully saturated rings. The summed E-state index contributed by atoms with van der Waals surface area (Å²) >= 11 is 6.07. The molecule has 0 aromatic heterocycles. The van der Waals surface area contributed by atoms with E-state index in [1.807, 2.05) is 26.0 Å². The van der Waals surface area contributed by atoms with Crippen molar-refractivity contribution in [3.63, 3.8) is 0 Å². The van der Waals surface area contributed by atoms with Crippen LogP contribution in [-0.2, 0) is 27.8 Å². The number of hydrogen-bond donors (Lipinski definition) is 1. The van der Waals surface area contributed by atoms with Crippen LogP contribution in [0.25, 0.3) is 0 Å². The molecule has 11 heteroatoms. The van der Waals surface area contributed by atoms with Crippen LogP contribution in [0, 0.1) is 22.9 Å². The van der Waals surface area contributed by atoms with E-state index in [-0.39, 0.29) is 41.0 Å². The number of rotatable bonds is 10. The van der Waals surface area contributed by atoms with E-state index in [1.54, 1.807) is 46.8 Å². The number of hydrogen-bond acceptors (Lipinski definition) is 5. The van der Waals surface area contributed by atoms with Crippen molar-refractivity contribution in [2.45, 2.75) is 74.5 Å². The van der Waals surface area contributed by atoms with E-state index in [4.69, 9.17) is 16.6 Å². The maximum Gasteiger partial charge on any atom is 0.243 e. The summed E-state index contributed by atoms with van der Waals surface area (Å²) < 4.78 is 71.0. The predicted molar refractivity (Wildman–Crippen MR) is 158 cm³/mol. The van der Waals surface area contributed by atoms with E-state index in [1.165, 1.54) is 0 Å². The molecule has 1 aliphatic heterocycles. The van der Waals surface area contributed by atoms with Crippen LogP contribution in [0.3, 0.4) is 0 Å². The topological polar surface area (TPSA) is 78.8 Å². The molecule has 0 unspecified atom stereocenters. The molecule has 7 rings (SSSR count). The van der Waals surface area contributed by atoms with Gasteiger partial charge >= 0.3 is 0 Å². The summed E-state index contributed by atoms with van der Waals surface area (Å²) in [5.74, 6) is -2.68. The number of carbonyl (C=O) groups excluding carboxylic acids is 1. The molecule has 1 N–H and O–H groups in total. The zero-order valence-electron chi connectivity index (χ0n) is 23.7. The molecule has 3 saturated carbocycles. The van der Waals surface area contributed by atoms with Gasteiger partial charge in [0.1, 0.15) is 29.3 Å². The van der Waals surface area contributed by atoms with E-state index in [9.17, 15) is 26.4 Å². The first-order valence-corrected chi connectivity index (χ1v) is 15.9. The van der Waals surface area contributed by atoms with Crippen LogP contribution in [0.15, 0.2) is 76.6 Å². The third-order valence-electron chi connectivity index (χ3n) is 9.02. The van der Waals surface area contributed by atoms with Crippen molar-refractivity contribution in [1.82, 2.24) is 9.62 Å². The van der Waals surface area contributed by atoms with Crippen molar-refractivity contribution >= 4 is 33.2 Å². The molecule has 226 valence electrons. The van der Waals surface area contributed by atoms with Crippen LogP contribution in [0.4, 0.5) is 13.2 Å². The molecule has 4 aliphatic rings. The molecule has 43 heavy (non-hydrogen) atoms. The molecule has 6 nitrogen and oxygen atoms in total. The molecular formula is C32H31ClF3N3O3S. The van der Waals surface area contributed by atoms with Gasteiger partial charge in [0.25, 0.3) is 0 Å². The van der Waals surface area contributed by atoms with Gasteiger partial charge < -0.3 is 5.32 Å². The quantitative estimate of drug-likeness (QED) is 0.289. The van der Waals surface area contributed by atoms with Gasteiger partial charge in [0, 0.05) is 46.6 Å². The van der Waals surface area contributed by atoms with E-state index in [0.29, 0.717) is 42.3 Å². The first kappa shape index (κ1) is 29.8. The molecule has 3 aromatic rings. The molecule has 0 spiro atoms. The number of sulfonamides is 1. The Morgan fingerprint density at radius 2 is 1.60 bits per heavy atom. The number of Topliss-reactive ketones (excluding diaryl/α,β-unsaturated/α-hetero) is 1. The highest BCUT2D eigenvalue weighted by atomic mass is 35.5. The number of amidine groups is 1. The number of carbonyl (C=O) groups is 1. The number of nitrogens with one attached hydrogen (secondary N) is 1. The van der Waals surface area contributed by atoms with E-state index in [0.717, 1.165) is 5.56 Å². The van der Waals surface area contributed by atoms with Crippen LogP contribution < -0.4 is 5.32 Å². The largest absolute Gasteiger partial charge is 0.366 e. The van der Waals surface area contributed by atoms with Gasteiger partial charge in [-0.3, -0.25) is 9.79 Å². The lowest BCUT2D eigenvalue weighted by atomic mass is 9.38. The van der Waals surface area contributed by atoms with E-state index in [2.05, 4.69) is 5.32 Å². The fourth-order valence-corrected chi connectivity index (χ4v) is 8.77. The van der Waals surface area contributed by atoms with Crippen molar-refractivity contribution in [3.05, 3.63) is 100 Å². The highest BCUT2D eigenvalue weighted by Gasteiger charge is 2.75. The van der Waals surface area contributed by atoms with Crippen molar-refractivity contribution in [2.24, 2.45) is 10.4 Å². The number of benzene rings is 3. The Morgan fingerprint density at radius 3 is 2.21 bits per heavy atom. The van der Waals surface area contributed by atoms with E-state index >= 15 is 0 Å². The van der Waals surface area contributed by atoms with Crippen LogP contribution in [0.1, 0.15) is 50.7 Å². The van der Waals surface area contributed by atoms with Gasteiger partial charge in [0.2, 0.25) is 10.0 Å². The first-order chi connectivity index (χ1) is 20.2. The fourth-order valence-electron chi connectivity index (χ4n) is 6.87. The van der Waals surface area contributed by atoms with Crippen molar-refractivity contribution in [2.75, 3.05) is 0 Å². The Hall–Kier alpha value is -3.21. The van der Waals surface area contributed by atoms with Crippen LogP contribution in [-0.4, -0.2) is 41.5 Å². The lowest BCUT2D eigenvalue weighted by Crippen LogP contribution is -2.78. The molecule has 1 atom stereocenters. The molecule has 3 aromatic carbocycles. The second kappa shape index (κ2) is 10.5. The average Bonchev–Trinajstić information content (AvgIpc) is 3.22. The maximum absolute atomic E-state index is 14.1. The monoisotopic (exact) mass is 629 g/mol. The molecule has 0 amide bonds. The Labute approximate surface area is 254 Å². The van der Waals surface area contributed by atoms with Gasteiger partial charge in [-0.05, 0) is 69.4 Å². The second-order valence-corrected chi connectivity index (χ2v) is 14.8. The minimum Gasteiger partial charge on any atom is -0.366 e. The van der Waals surface area contributed by atoms with Gasteiger partial charge in [0.05, 0.1) is 10.4 Å². The standard InChI is InChI=1S/C32H31ClF3N3O3S/c1-30(2)28(27(40)13-12-24-25(35)14-22(34)15-26(24)36)37-29(38-30)31-17-32(18-31,19-31)39(16-20-8-10-21(33)11-9-20)43(41,42)23-6-4-3-5-7-23/h3-11,14-15,28H,12-13,16-19H2,1-2H3,(H,37,38)/t28-,31?,32?/m0/s1. The van der Waals surface area contributed by atoms with E-state index < -0.39 is 44.6 Å². The van der Waals surface area contributed by atoms with Crippen molar-refractivity contribution in [3.8, 4) is 0 Å². The third-order valence-corrected chi connectivity index (χ3v) is 11.2. The fraction of sp³-hybridized carbons (Fsp3) is 0.375. The third kappa shape index (κ3) is 5.17. The highest BCUT2D eigenvalue weighted by molar-refractivity contribution is 7.89. The van der Waals surface area contributed by atoms with Crippen molar-refractivity contribution in [1.29, 1.82) is 0 Å². The lowest BCUT2D eigenvalue weighted by Gasteiger charge is -2.73. The minimum absolute atomic E-state index is 0.160. The molecule has 3 aliphatic carbocycles. The second-order valence-electron chi connectivity index (χ2n) is 12.5. The summed E-state index contributed by atoms with van der Waals surface area (Å²) in [5.41, 5.74) is -1.23. The summed E-state index contributed by atoms with van der Waals surface area (Å²) in [7, 11) is -3.83. The molecule has 0 radical (unpaired) electrons. The number of aliphatic imine (C=N–C) groups is 1. The SMILES string of the molecule is CC1(C)NC(C23CC(N(Cc4ccc(Cl)cc4)S(=O)(=O)c4ccccc4)(C2)C3)=N[C@H]1C(=O)CCc1c(F)cc(F)cc1F. The van der Waals surface area contributed by atoms with Gasteiger partial charge in [-0.15, -0.1) is 0 Å². The van der Waals surface area contributed by atoms with Crippen LogP contribution in [0.2, 0.25) is 5.02 Å². The number of halogens is 4. The highest BCUT2D eigenvalue weighted by Crippen LogP contribution is 2.71. The van der Waals surface area contributed by atoms with Gasteiger partial charge in [-0.25, -0.2) is 21.6 Å². The van der Waals surface area contributed by atoms with Crippen LogP contribution in [0.5, 0.6) is 0 Å². The lowest BCUT2D eigenvalue weighted by molar-refractivity contribution is -0.151. The molecule has 0 saturated heterocycles. The number of nitrogens with zero attached hydrogens (tertiary/aromatic N) is 2. The van der Waals surface area contributed by atoms with Gasteiger partial charge in [0.15, 0.2) is 5.78 Å². The minimum atomic E-state index is -3.83. The Morgan fingerprint density at radius 1 is 1.00 bits per heavy atom. The van der Waals surface area contributed by atoms with Gasteiger partial charge in [-0.2, -0.15) is 4.31 Å². The summed E-state index contributed by atoms with van der Waals surface area (Å²) in [4.78, 5) is 18.2. The molecule has 1 heterocycles. The Kier molecular flexibility index (Phi) is 7.26. The summed E-state index contributed by atoms with van der Waals surface area (Å²) in [6.07, 6.45) is 1.28.